The topological polar surface area (TPSA) is 21.4 Å². The minimum atomic E-state index is 0.634. The molecule has 2 aromatic carbocycles. The van der Waals surface area contributed by atoms with Gasteiger partial charge >= 0.3 is 0 Å². The molecular weight excluding hydrogens is 296 g/mol. The number of aromatic nitrogens is 1. The highest BCUT2D eigenvalue weighted by Gasteiger charge is 2.21. The highest BCUT2D eigenvalue weighted by molar-refractivity contribution is 6.11. The van der Waals surface area contributed by atoms with Crippen molar-refractivity contribution in [2.45, 2.75) is 13.8 Å². The van der Waals surface area contributed by atoms with Crippen molar-refractivity contribution in [1.82, 2.24) is 0 Å². The molecule has 0 unspecified atom stereocenters. The zero-order valence-corrected chi connectivity index (χ0v) is 13.9. The number of fused-ring (bicyclic) bond motifs is 3. The molecule has 24 heavy (non-hydrogen) atoms. The van der Waals surface area contributed by atoms with E-state index in [-0.39, 0.29) is 0 Å². The maximum atomic E-state index is 7.25. The molecule has 116 valence electrons. The first-order valence-corrected chi connectivity index (χ1v) is 7.89. The van der Waals surface area contributed by atoms with E-state index in [0.29, 0.717) is 5.69 Å². The fourth-order valence-corrected chi connectivity index (χ4v) is 3.29. The number of pyridine rings is 1. The van der Waals surface area contributed by atoms with Gasteiger partial charge in [-0.2, -0.15) is 0 Å². The Kier molecular flexibility index (Phi) is 3.14. The SMILES string of the molecule is [C-]#[N+]c1ccc2oc3c(-c4cccc[n+]4C)c(C)c(C)cc3c2c1. The van der Waals surface area contributed by atoms with Gasteiger partial charge in [0.05, 0.1) is 12.1 Å². The summed E-state index contributed by atoms with van der Waals surface area (Å²) in [5.41, 5.74) is 7.02. The quantitative estimate of drug-likeness (QED) is 0.347. The van der Waals surface area contributed by atoms with Crippen LogP contribution >= 0.6 is 0 Å². The van der Waals surface area contributed by atoms with Crippen molar-refractivity contribution >= 4 is 27.6 Å². The summed E-state index contributed by atoms with van der Waals surface area (Å²) in [7, 11) is 2.04. The molecule has 3 nitrogen and oxygen atoms in total. The monoisotopic (exact) mass is 313 g/mol. The Hall–Kier alpha value is -3.12. The molecule has 0 aliphatic rings. The summed E-state index contributed by atoms with van der Waals surface area (Å²) in [5, 5.41) is 2.07. The number of hydrogen-bond acceptors (Lipinski definition) is 1. The van der Waals surface area contributed by atoms with Crippen molar-refractivity contribution in [3.63, 3.8) is 0 Å². The van der Waals surface area contributed by atoms with Gasteiger partial charge in [-0.15, -0.1) is 0 Å². The smallest absolute Gasteiger partial charge is 0.216 e. The summed E-state index contributed by atoms with van der Waals surface area (Å²) < 4.78 is 8.32. The van der Waals surface area contributed by atoms with Crippen LogP contribution in [0.1, 0.15) is 11.1 Å². The lowest BCUT2D eigenvalue weighted by Gasteiger charge is -2.08. The zero-order valence-electron chi connectivity index (χ0n) is 13.9. The standard InChI is InChI=1S/C21H17N2O/c1-13-11-17-16-12-15(22-3)8-9-19(16)24-21(17)20(14(13)2)18-7-5-6-10-23(18)4/h5-12H,1-2,4H3/q+1. The first-order chi connectivity index (χ1) is 11.6. The molecule has 4 aromatic rings. The Balaban J connectivity index is 2.19. The molecule has 0 spiro atoms. The minimum absolute atomic E-state index is 0.634. The zero-order chi connectivity index (χ0) is 16.8. The minimum Gasteiger partial charge on any atom is -0.455 e. The van der Waals surface area contributed by atoms with E-state index in [0.717, 1.165) is 33.2 Å². The van der Waals surface area contributed by atoms with Gasteiger partial charge in [-0.1, -0.05) is 6.07 Å². The largest absolute Gasteiger partial charge is 0.455 e. The molecule has 0 fully saturated rings. The van der Waals surface area contributed by atoms with E-state index in [2.05, 4.69) is 35.4 Å². The average Bonchev–Trinajstić information content (AvgIpc) is 2.94. The van der Waals surface area contributed by atoms with E-state index in [1.807, 2.05) is 37.5 Å². The van der Waals surface area contributed by atoms with Crippen LogP contribution in [0.5, 0.6) is 0 Å². The van der Waals surface area contributed by atoms with Gasteiger partial charge < -0.3 is 4.42 Å². The number of furan rings is 1. The molecule has 2 heterocycles. The third-order valence-corrected chi connectivity index (χ3v) is 4.70. The van der Waals surface area contributed by atoms with Crippen LogP contribution in [0.15, 0.2) is 53.1 Å². The van der Waals surface area contributed by atoms with Gasteiger partial charge in [0, 0.05) is 22.9 Å². The molecule has 0 saturated heterocycles. The highest BCUT2D eigenvalue weighted by atomic mass is 16.3. The third-order valence-electron chi connectivity index (χ3n) is 4.70. The van der Waals surface area contributed by atoms with Crippen LogP contribution in [0.25, 0.3) is 38.0 Å². The first kappa shape index (κ1) is 14.5. The molecule has 0 aliphatic carbocycles. The molecule has 0 N–H and O–H groups in total. The molecule has 0 radical (unpaired) electrons. The second kappa shape index (κ2) is 5.21. The number of aryl methyl sites for hydroxylation is 2. The fourth-order valence-electron chi connectivity index (χ4n) is 3.29. The lowest BCUT2D eigenvalue weighted by Crippen LogP contribution is -2.30. The van der Waals surface area contributed by atoms with Gasteiger partial charge in [0.2, 0.25) is 5.69 Å². The van der Waals surface area contributed by atoms with Gasteiger partial charge in [0.1, 0.15) is 18.2 Å². The summed E-state index contributed by atoms with van der Waals surface area (Å²) in [4.78, 5) is 3.55. The van der Waals surface area contributed by atoms with E-state index in [1.165, 1.54) is 11.1 Å². The summed E-state index contributed by atoms with van der Waals surface area (Å²) in [6.45, 7) is 11.5. The Bertz CT molecular complexity index is 1150. The van der Waals surface area contributed by atoms with Crippen molar-refractivity contribution in [2.75, 3.05) is 0 Å². The Labute approximate surface area is 140 Å². The Morgan fingerprint density at radius 1 is 1.04 bits per heavy atom. The molecular formula is C21H17N2O+. The second-order valence-corrected chi connectivity index (χ2v) is 6.16. The van der Waals surface area contributed by atoms with Gasteiger partial charge in [0.15, 0.2) is 11.9 Å². The van der Waals surface area contributed by atoms with E-state index >= 15 is 0 Å². The van der Waals surface area contributed by atoms with Crippen molar-refractivity contribution in [3.8, 4) is 11.3 Å². The molecule has 0 saturated carbocycles. The van der Waals surface area contributed by atoms with Crippen LogP contribution in [0, 0.1) is 20.4 Å². The molecule has 0 atom stereocenters. The van der Waals surface area contributed by atoms with E-state index in [1.54, 1.807) is 6.07 Å². The predicted octanol–water partition coefficient (Wildman–Crippen LogP) is 5.25. The second-order valence-electron chi connectivity index (χ2n) is 6.16. The maximum absolute atomic E-state index is 7.25. The Morgan fingerprint density at radius 3 is 2.62 bits per heavy atom. The van der Waals surface area contributed by atoms with E-state index in [9.17, 15) is 0 Å². The number of hydrogen-bond donors (Lipinski definition) is 0. The lowest BCUT2D eigenvalue weighted by molar-refractivity contribution is -0.660. The predicted molar refractivity (Wildman–Crippen MR) is 96.1 cm³/mol. The van der Waals surface area contributed by atoms with Crippen molar-refractivity contribution in [2.24, 2.45) is 7.05 Å². The van der Waals surface area contributed by atoms with Crippen LogP contribution in [0.4, 0.5) is 5.69 Å². The molecule has 0 aliphatic heterocycles. The average molecular weight is 313 g/mol. The molecule has 2 aromatic heterocycles. The maximum Gasteiger partial charge on any atom is 0.216 e. The van der Waals surface area contributed by atoms with Crippen molar-refractivity contribution < 1.29 is 8.98 Å². The summed E-state index contributed by atoms with van der Waals surface area (Å²) in [6, 6.07) is 13.9. The van der Waals surface area contributed by atoms with Gasteiger partial charge in [-0.05, 0) is 49.2 Å². The molecule has 3 heteroatoms. The van der Waals surface area contributed by atoms with Crippen molar-refractivity contribution in [1.29, 1.82) is 0 Å². The van der Waals surface area contributed by atoms with Crippen LogP contribution < -0.4 is 4.57 Å². The summed E-state index contributed by atoms with van der Waals surface area (Å²) in [5.74, 6) is 0. The summed E-state index contributed by atoms with van der Waals surface area (Å²) in [6.07, 6.45) is 2.04. The Morgan fingerprint density at radius 2 is 1.88 bits per heavy atom. The van der Waals surface area contributed by atoms with Gasteiger partial charge in [0.25, 0.3) is 0 Å². The van der Waals surface area contributed by atoms with Crippen LogP contribution in [0.2, 0.25) is 0 Å². The van der Waals surface area contributed by atoms with Gasteiger partial charge in [-0.25, -0.2) is 9.41 Å². The third kappa shape index (κ3) is 2.00. The fraction of sp³-hybridized carbons (Fsp3) is 0.143. The van der Waals surface area contributed by atoms with Gasteiger partial charge in [-0.3, -0.25) is 0 Å². The summed E-state index contributed by atoms with van der Waals surface area (Å²) >= 11 is 0. The molecule has 4 rings (SSSR count). The first-order valence-electron chi connectivity index (χ1n) is 7.89. The lowest BCUT2D eigenvalue weighted by atomic mass is 9.96. The number of nitrogens with zero attached hydrogens (tertiary/aromatic N) is 2. The molecule has 0 amide bonds. The number of rotatable bonds is 1. The van der Waals surface area contributed by atoms with Crippen LogP contribution in [-0.4, -0.2) is 0 Å². The normalized spacial score (nSPS) is 11.1. The van der Waals surface area contributed by atoms with Crippen LogP contribution in [0.3, 0.4) is 0 Å². The highest BCUT2D eigenvalue weighted by Crippen LogP contribution is 2.39. The number of benzene rings is 2. The van der Waals surface area contributed by atoms with E-state index in [4.69, 9.17) is 11.0 Å². The molecule has 0 bridgehead atoms. The van der Waals surface area contributed by atoms with E-state index < -0.39 is 0 Å². The van der Waals surface area contributed by atoms with Crippen molar-refractivity contribution in [3.05, 3.63) is 71.2 Å². The van der Waals surface area contributed by atoms with Crippen LogP contribution in [-0.2, 0) is 7.05 Å².